The molecule has 0 saturated carbocycles. The maximum atomic E-state index is 12.2. The summed E-state index contributed by atoms with van der Waals surface area (Å²) in [6.07, 6.45) is 3.76. The lowest BCUT2D eigenvalue weighted by molar-refractivity contribution is -0.144. The van der Waals surface area contributed by atoms with Gasteiger partial charge in [-0.3, -0.25) is 9.59 Å². The first-order chi connectivity index (χ1) is 10.9. The monoisotopic (exact) mass is 309 g/mol. The third-order valence-electron chi connectivity index (χ3n) is 3.89. The fourth-order valence-corrected chi connectivity index (χ4v) is 2.67. The van der Waals surface area contributed by atoms with E-state index >= 15 is 0 Å². The minimum Gasteiger partial charge on any atom is -0.481 e. The lowest BCUT2D eigenvalue weighted by atomic mass is 9.69. The number of allylic oxidation sites excluding steroid dienone is 3. The lowest BCUT2D eigenvalue weighted by Crippen LogP contribution is -2.43. The Morgan fingerprint density at radius 3 is 2.52 bits per heavy atom. The van der Waals surface area contributed by atoms with E-state index in [4.69, 9.17) is 10.4 Å². The van der Waals surface area contributed by atoms with Crippen LogP contribution in [0.1, 0.15) is 17.5 Å². The summed E-state index contributed by atoms with van der Waals surface area (Å²) in [4.78, 5) is 23.4. The first kappa shape index (κ1) is 16.4. The minimum absolute atomic E-state index is 0.424. The number of ketones is 1. The van der Waals surface area contributed by atoms with E-state index < -0.39 is 29.7 Å². The highest BCUT2D eigenvalue weighted by atomic mass is 16.4. The van der Waals surface area contributed by atoms with Gasteiger partial charge in [0.15, 0.2) is 5.78 Å². The molecule has 0 aliphatic heterocycles. The molecular weight excluding hydrogens is 294 g/mol. The normalized spacial score (nSPS) is 22.8. The average Bonchev–Trinajstić information content (AvgIpc) is 2.55. The zero-order valence-corrected chi connectivity index (χ0v) is 12.3. The van der Waals surface area contributed by atoms with Crippen LogP contribution in [0.3, 0.4) is 0 Å². The van der Waals surface area contributed by atoms with E-state index in [9.17, 15) is 14.7 Å². The van der Waals surface area contributed by atoms with Crippen LogP contribution in [0.5, 0.6) is 0 Å². The van der Waals surface area contributed by atoms with Crippen molar-refractivity contribution in [1.29, 1.82) is 5.26 Å². The van der Waals surface area contributed by atoms with Crippen LogP contribution >= 0.6 is 0 Å². The molecule has 2 rings (SSSR count). The topological polar surface area (TPSA) is 98.4 Å². The Morgan fingerprint density at radius 1 is 1.35 bits per heavy atom. The highest BCUT2D eigenvalue weighted by molar-refractivity contribution is 6.01. The average molecular weight is 309 g/mol. The molecule has 0 saturated heterocycles. The smallest absolute Gasteiger partial charge is 0.304 e. The number of carboxylic acids is 1. The van der Waals surface area contributed by atoms with Crippen molar-refractivity contribution in [1.82, 2.24) is 0 Å². The molecule has 0 fully saturated rings. The number of rotatable bonds is 5. The summed E-state index contributed by atoms with van der Waals surface area (Å²) < 4.78 is 0. The second-order valence-electron chi connectivity index (χ2n) is 5.25. The van der Waals surface area contributed by atoms with Crippen molar-refractivity contribution in [3.05, 3.63) is 66.3 Å². The second kappa shape index (κ2) is 6.42. The van der Waals surface area contributed by atoms with Crippen LogP contribution in [0.2, 0.25) is 0 Å². The highest BCUT2D eigenvalue weighted by Gasteiger charge is 2.46. The number of aliphatic hydroxyl groups is 1. The lowest BCUT2D eigenvalue weighted by Gasteiger charge is -2.35. The summed E-state index contributed by atoms with van der Waals surface area (Å²) in [6, 6.07) is 8.48. The van der Waals surface area contributed by atoms with Gasteiger partial charge >= 0.3 is 5.97 Å². The molecule has 1 aromatic carbocycles. The van der Waals surface area contributed by atoms with Crippen molar-refractivity contribution in [2.24, 2.45) is 5.41 Å². The van der Waals surface area contributed by atoms with Gasteiger partial charge in [-0.05, 0) is 29.3 Å². The molecule has 5 heteroatoms. The number of carboxylic acid groups (broad SMARTS) is 1. The number of hydrogen-bond acceptors (Lipinski definition) is 4. The van der Waals surface area contributed by atoms with Crippen molar-refractivity contribution < 1.29 is 19.8 Å². The Balaban J connectivity index is 2.47. The quantitative estimate of drug-likeness (QED) is 0.811. The molecule has 0 bridgehead atoms. The van der Waals surface area contributed by atoms with Gasteiger partial charge in [0, 0.05) is 0 Å². The first-order valence-electron chi connectivity index (χ1n) is 6.91. The molecular formula is C18H15NO4. The molecule has 0 heterocycles. The number of carbonyl (C=O) groups excluding carboxylic acids is 1. The van der Waals surface area contributed by atoms with Crippen LogP contribution in [-0.4, -0.2) is 28.1 Å². The third-order valence-corrected chi connectivity index (χ3v) is 3.89. The number of nitriles is 1. The first-order valence-corrected chi connectivity index (χ1v) is 6.91. The van der Waals surface area contributed by atoms with Crippen LogP contribution < -0.4 is 0 Å². The van der Waals surface area contributed by atoms with Crippen LogP contribution in [0.25, 0.3) is 5.57 Å². The molecule has 116 valence electrons. The fourth-order valence-electron chi connectivity index (χ4n) is 2.67. The molecule has 1 aliphatic rings. The van der Waals surface area contributed by atoms with E-state index in [0.717, 1.165) is 6.08 Å². The van der Waals surface area contributed by atoms with Gasteiger partial charge in [0.05, 0.1) is 29.6 Å². The zero-order valence-electron chi connectivity index (χ0n) is 12.3. The predicted octanol–water partition coefficient (Wildman–Crippen LogP) is 2.09. The van der Waals surface area contributed by atoms with Gasteiger partial charge in [-0.1, -0.05) is 36.9 Å². The molecule has 0 spiro atoms. The Hall–Kier alpha value is -2.97. The largest absolute Gasteiger partial charge is 0.481 e. The summed E-state index contributed by atoms with van der Waals surface area (Å²) in [5.74, 6) is -1.74. The molecule has 2 atom stereocenters. The number of aliphatic carboxylic acids is 1. The molecule has 0 aromatic heterocycles. The van der Waals surface area contributed by atoms with Crippen molar-refractivity contribution in [2.45, 2.75) is 12.5 Å². The van der Waals surface area contributed by atoms with E-state index in [1.165, 1.54) is 6.08 Å². The van der Waals surface area contributed by atoms with Crippen molar-refractivity contribution in [3.63, 3.8) is 0 Å². The van der Waals surface area contributed by atoms with Gasteiger partial charge in [0.25, 0.3) is 0 Å². The molecule has 1 aliphatic carbocycles. The molecule has 23 heavy (non-hydrogen) atoms. The SMILES string of the molecule is C=CC(=O)C1(CC(=O)O)C=CC=C(c2ccc(C#N)cc2)C1O. The molecule has 5 nitrogen and oxygen atoms in total. The van der Waals surface area contributed by atoms with E-state index in [1.54, 1.807) is 36.4 Å². The predicted molar refractivity (Wildman–Crippen MR) is 84.2 cm³/mol. The number of nitrogens with zero attached hydrogens (tertiary/aromatic N) is 1. The van der Waals surface area contributed by atoms with Crippen LogP contribution in [0.15, 0.2) is 55.1 Å². The van der Waals surface area contributed by atoms with E-state index in [1.807, 2.05) is 6.07 Å². The minimum atomic E-state index is -1.58. The molecule has 0 amide bonds. The van der Waals surface area contributed by atoms with Gasteiger partial charge in [-0.2, -0.15) is 5.26 Å². The number of hydrogen-bond donors (Lipinski definition) is 2. The molecule has 2 unspecified atom stereocenters. The van der Waals surface area contributed by atoms with Gasteiger partial charge < -0.3 is 10.2 Å². The number of carbonyl (C=O) groups is 2. The van der Waals surface area contributed by atoms with Gasteiger partial charge in [-0.25, -0.2) is 0 Å². The van der Waals surface area contributed by atoms with Crippen LogP contribution in [0, 0.1) is 16.7 Å². The molecule has 2 N–H and O–H groups in total. The number of aliphatic hydroxyl groups excluding tert-OH is 1. The molecule has 0 radical (unpaired) electrons. The Bertz CT molecular complexity index is 752. The van der Waals surface area contributed by atoms with E-state index in [2.05, 4.69) is 6.58 Å². The van der Waals surface area contributed by atoms with Gasteiger partial charge in [0.2, 0.25) is 0 Å². The summed E-state index contributed by atoms with van der Waals surface area (Å²) >= 11 is 0. The zero-order chi connectivity index (χ0) is 17.0. The maximum Gasteiger partial charge on any atom is 0.304 e. The van der Waals surface area contributed by atoms with Gasteiger partial charge in [0.1, 0.15) is 0 Å². The van der Waals surface area contributed by atoms with E-state index in [0.29, 0.717) is 16.7 Å². The third kappa shape index (κ3) is 2.98. The van der Waals surface area contributed by atoms with Crippen molar-refractivity contribution in [3.8, 4) is 6.07 Å². The summed E-state index contributed by atoms with van der Waals surface area (Å²) in [5.41, 5.74) is -0.0685. The van der Waals surface area contributed by atoms with Crippen LogP contribution in [-0.2, 0) is 9.59 Å². The van der Waals surface area contributed by atoms with Crippen molar-refractivity contribution in [2.75, 3.05) is 0 Å². The Kier molecular flexibility index (Phi) is 4.58. The van der Waals surface area contributed by atoms with Gasteiger partial charge in [-0.15, -0.1) is 0 Å². The standard InChI is InChI=1S/C18H15NO4/c1-2-15(20)18(10-16(21)22)9-3-4-14(17(18)23)13-7-5-12(11-19)6-8-13/h2-9,17,23H,1,10H2,(H,21,22). The maximum absolute atomic E-state index is 12.2. The molecule has 1 aromatic rings. The fraction of sp³-hybridized carbons (Fsp3) is 0.167. The summed E-state index contributed by atoms with van der Waals surface area (Å²) in [5, 5.41) is 28.7. The summed E-state index contributed by atoms with van der Waals surface area (Å²) in [7, 11) is 0. The highest BCUT2D eigenvalue weighted by Crippen LogP contribution is 2.40. The second-order valence-corrected chi connectivity index (χ2v) is 5.25. The Morgan fingerprint density at radius 2 is 2.00 bits per heavy atom. The summed E-state index contributed by atoms with van der Waals surface area (Å²) in [6.45, 7) is 3.40. The van der Waals surface area contributed by atoms with E-state index in [-0.39, 0.29) is 0 Å². The number of benzene rings is 1. The van der Waals surface area contributed by atoms with Crippen LogP contribution in [0.4, 0.5) is 0 Å². The van der Waals surface area contributed by atoms with Crippen molar-refractivity contribution >= 4 is 17.3 Å². The Labute approximate surface area is 133 Å².